The van der Waals surface area contributed by atoms with Crippen molar-refractivity contribution >= 4 is 6.09 Å². The van der Waals surface area contributed by atoms with E-state index in [1.807, 2.05) is 51.1 Å². The van der Waals surface area contributed by atoms with Gasteiger partial charge >= 0.3 is 6.09 Å². The van der Waals surface area contributed by atoms with Crippen LogP contribution in [0.15, 0.2) is 30.3 Å². The topological polar surface area (TPSA) is 47.6 Å². The monoisotopic (exact) mass is 267 g/mol. The molecule has 0 aromatic heterocycles. The second-order valence-corrected chi connectivity index (χ2v) is 5.39. The van der Waals surface area contributed by atoms with E-state index in [4.69, 9.17) is 9.47 Å². The highest BCUT2D eigenvalue weighted by molar-refractivity contribution is 5.68. The number of alkyl carbamates (subject to hydrolysis) is 1. The van der Waals surface area contributed by atoms with Crippen LogP contribution in [-0.2, 0) is 9.47 Å². The summed E-state index contributed by atoms with van der Waals surface area (Å²) in [6.45, 7) is 6.12. The molecular weight excluding hydrogens is 242 g/mol. The van der Waals surface area contributed by atoms with Gasteiger partial charge in [0.25, 0.3) is 0 Å². The SMILES string of the molecule is COCC[C@@H](NC(=O)OC(C)(C)C)c1ccccc1.[HH]. The highest BCUT2D eigenvalue weighted by Crippen LogP contribution is 2.17. The van der Waals surface area contributed by atoms with Crippen LogP contribution < -0.4 is 5.32 Å². The Labute approximate surface area is 116 Å². The average Bonchev–Trinajstić information content (AvgIpc) is 2.33. The van der Waals surface area contributed by atoms with Crippen molar-refractivity contribution in [2.75, 3.05) is 13.7 Å². The second kappa shape index (κ2) is 7.14. The van der Waals surface area contributed by atoms with Crippen LogP contribution >= 0.6 is 0 Å². The smallest absolute Gasteiger partial charge is 0.408 e. The number of benzene rings is 1. The Morgan fingerprint density at radius 3 is 2.47 bits per heavy atom. The van der Waals surface area contributed by atoms with Gasteiger partial charge in [-0.3, -0.25) is 0 Å². The van der Waals surface area contributed by atoms with Gasteiger partial charge in [0.05, 0.1) is 6.04 Å². The van der Waals surface area contributed by atoms with E-state index in [1.54, 1.807) is 7.11 Å². The summed E-state index contributed by atoms with van der Waals surface area (Å²) in [7, 11) is 1.65. The van der Waals surface area contributed by atoms with E-state index in [0.717, 1.165) is 5.56 Å². The number of carbonyl (C=O) groups is 1. The first kappa shape index (κ1) is 15.5. The first-order valence-corrected chi connectivity index (χ1v) is 6.46. The Morgan fingerprint density at radius 2 is 1.95 bits per heavy atom. The highest BCUT2D eigenvalue weighted by atomic mass is 16.6. The third-order valence-corrected chi connectivity index (χ3v) is 2.50. The van der Waals surface area contributed by atoms with Crippen molar-refractivity contribution in [1.82, 2.24) is 5.32 Å². The molecule has 1 aromatic rings. The van der Waals surface area contributed by atoms with Crippen molar-refractivity contribution in [3.63, 3.8) is 0 Å². The van der Waals surface area contributed by atoms with E-state index in [1.165, 1.54) is 0 Å². The standard InChI is InChI=1S/C15H23NO3.H2/c1-15(2,3)19-14(17)16-13(10-11-18-4)12-8-6-5-7-9-12;/h5-9,13H,10-11H2,1-4H3,(H,16,17);1H/t13-;/m1./s1. The quantitative estimate of drug-likeness (QED) is 0.887. The Bertz CT molecular complexity index is 390. The van der Waals surface area contributed by atoms with E-state index in [2.05, 4.69) is 5.32 Å². The van der Waals surface area contributed by atoms with Crippen LogP contribution in [0.3, 0.4) is 0 Å². The molecule has 1 N–H and O–H groups in total. The second-order valence-electron chi connectivity index (χ2n) is 5.39. The Balaban J connectivity index is 0.00000361. The molecule has 0 radical (unpaired) electrons. The number of ether oxygens (including phenoxy) is 2. The summed E-state index contributed by atoms with van der Waals surface area (Å²) in [4.78, 5) is 11.8. The van der Waals surface area contributed by atoms with E-state index < -0.39 is 11.7 Å². The Morgan fingerprint density at radius 1 is 1.32 bits per heavy atom. The number of hydrogen-bond acceptors (Lipinski definition) is 3. The van der Waals surface area contributed by atoms with Crippen molar-refractivity contribution in [3.05, 3.63) is 35.9 Å². The molecule has 4 nitrogen and oxygen atoms in total. The van der Waals surface area contributed by atoms with Gasteiger partial charge in [0.1, 0.15) is 5.60 Å². The molecule has 0 spiro atoms. The zero-order valence-electron chi connectivity index (χ0n) is 12.1. The molecule has 108 valence electrons. The molecule has 0 fully saturated rings. The van der Waals surface area contributed by atoms with Crippen LogP contribution in [0.5, 0.6) is 0 Å². The van der Waals surface area contributed by atoms with E-state index in [9.17, 15) is 4.79 Å². The molecule has 1 amide bonds. The lowest BCUT2D eigenvalue weighted by molar-refractivity contribution is 0.0492. The van der Waals surface area contributed by atoms with E-state index in [0.29, 0.717) is 13.0 Å². The zero-order chi connectivity index (χ0) is 14.3. The molecule has 1 atom stereocenters. The summed E-state index contributed by atoms with van der Waals surface area (Å²) < 4.78 is 10.4. The van der Waals surface area contributed by atoms with Gasteiger partial charge in [-0.1, -0.05) is 30.3 Å². The summed E-state index contributed by atoms with van der Waals surface area (Å²) in [5.41, 5.74) is 0.553. The minimum absolute atomic E-state index is 0. The zero-order valence-corrected chi connectivity index (χ0v) is 12.1. The minimum Gasteiger partial charge on any atom is -0.444 e. The van der Waals surface area contributed by atoms with Crippen LogP contribution in [0.2, 0.25) is 0 Å². The van der Waals surface area contributed by atoms with Crippen molar-refractivity contribution in [2.45, 2.75) is 38.8 Å². The molecule has 1 rings (SSSR count). The van der Waals surface area contributed by atoms with Crippen molar-refractivity contribution in [3.8, 4) is 0 Å². The first-order valence-electron chi connectivity index (χ1n) is 6.46. The molecule has 0 heterocycles. The van der Waals surface area contributed by atoms with Crippen LogP contribution in [-0.4, -0.2) is 25.4 Å². The molecule has 0 saturated carbocycles. The van der Waals surface area contributed by atoms with Gasteiger partial charge in [0, 0.05) is 15.1 Å². The summed E-state index contributed by atoms with van der Waals surface area (Å²) in [6, 6.07) is 9.72. The highest BCUT2D eigenvalue weighted by Gasteiger charge is 2.20. The summed E-state index contributed by atoms with van der Waals surface area (Å²) in [5, 5.41) is 2.88. The van der Waals surface area contributed by atoms with Gasteiger partial charge in [-0.05, 0) is 32.8 Å². The van der Waals surface area contributed by atoms with Crippen LogP contribution in [0.1, 0.15) is 40.2 Å². The van der Waals surface area contributed by atoms with Gasteiger partial charge in [-0.15, -0.1) is 0 Å². The van der Waals surface area contributed by atoms with Crippen molar-refractivity contribution < 1.29 is 15.7 Å². The number of amides is 1. The Hall–Kier alpha value is -1.55. The molecule has 4 heteroatoms. The van der Waals surface area contributed by atoms with Crippen molar-refractivity contribution in [1.29, 1.82) is 0 Å². The molecule has 1 aromatic carbocycles. The molecule has 19 heavy (non-hydrogen) atoms. The van der Waals surface area contributed by atoms with Gasteiger partial charge in [-0.2, -0.15) is 0 Å². The van der Waals surface area contributed by atoms with Crippen LogP contribution in [0.25, 0.3) is 0 Å². The maximum atomic E-state index is 11.8. The van der Waals surface area contributed by atoms with Gasteiger partial charge in [0.2, 0.25) is 0 Å². The fourth-order valence-electron chi connectivity index (χ4n) is 1.69. The van der Waals surface area contributed by atoms with Crippen LogP contribution in [0.4, 0.5) is 4.79 Å². The lowest BCUT2D eigenvalue weighted by Gasteiger charge is -2.23. The molecular formula is C15H25NO3. The molecule has 0 aliphatic heterocycles. The van der Waals surface area contributed by atoms with Crippen molar-refractivity contribution in [2.24, 2.45) is 0 Å². The van der Waals surface area contributed by atoms with Gasteiger partial charge in [0.15, 0.2) is 0 Å². The normalized spacial score (nSPS) is 12.8. The molecule has 0 aliphatic rings. The summed E-state index contributed by atoms with van der Waals surface area (Å²) >= 11 is 0. The predicted molar refractivity (Wildman–Crippen MR) is 77.2 cm³/mol. The number of nitrogens with one attached hydrogen (secondary N) is 1. The lowest BCUT2D eigenvalue weighted by Crippen LogP contribution is -2.35. The van der Waals surface area contributed by atoms with E-state index in [-0.39, 0.29) is 7.47 Å². The minimum atomic E-state index is -0.493. The van der Waals surface area contributed by atoms with Crippen LogP contribution in [0, 0.1) is 0 Å². The predicted octanol–water partition coefficient (Wildman–Crippen LogP) is 3.53. The largest absolute Gasteiger partial charge is 0.444 e. The average molecular weight is 267 g/mol. The van der Waals surface area contributed by atoms with E-state index >= 15 is 0 Å². The maximum Gasteiger partial charge on any atom is 0.408 e. The molecule has 0 aliphatic carbocycles. The molecule has 0 saturated heterocycles. The fourth-order valence-corrected chi connectivity index (χ4v) is 1.69. The fraction of sp³-hybridized carbons (Fsp3) is 0.533. The summed E-state index contributed by atoms with van der Waals surface area (Å²) in [6.07, 6.45) is 0.303. The number of hydrogen-bond donors (Lipinski definition) is 1. The lowest BCUT2D eigenvalue weighted by atomic mass is 10.0. The third-order valence-electron chi connectivity index (χ3n) is 2.50. The molecule has 0 unspecified atom stereocenters. The van der Waals surface area contributed by atoms with Gasteiger partial charge in [-0.25, -0.2) is 4.79 Å². The maximum absolute atomic E-state index is 11.8. The number of carbonyl (C=O) groups excluding carboxylic acids is 1. The Kier molecular flexibility index (Phi) is 5.83. The third kappa shape index (κ3) is 6.25. The summed E-state index contributed by atoms with van der Waals surface area (Å²) in [5.74, 6) is 0. The molecule has 0 bridgehead atoms. The van der Waals surface area contributed by atoms with Gasteiger partial charge < -0.3 is 14.8 Å². The number of methoxy groups -OCH3 is 1. The first-order chi connectivity index (χ1) is 8.92. The number of rotatable bonds is 5.